The first-order chi connectivity index (χ1) is 4.57. The first-order valence-electron chi connectivity index (χ1n) is 2.85. The van der Waals surface area contributed by atoms with Crippen molar-refractivity contribution in [1.29, 1.82) is 0 Å². The van der Waals surface area contributed by atoms with Crippen molar-refractivity contribution in [1.82, 2.24) is 0 Å². The fourth-order valence-corrected chi connectivity index (χ4v) is 0.361. The molecule has 0 rings (SSSR count). The number of rotatable bonds is 3. The molecule has 0 amide bonds. The van der Waals surface area contributed by atoms with Crippen molar-refractivity contribution >= 4 is 0 Å². The molecule has 0 spiro atoms. The van der Waals surface area contributed by atoms with Gasteiger partial charge in [0.05, 0.1) is 0 Å². The van der Waals surface area contributed by atoms with Gasteiger partial charge < -0.3 is 4.74 Å². The highest BCUT2D eigenvalue weighted by molar-refractivity contribution is 5.19. The summed E-state index contributed by atoms with van der Waals surface area (Å²) in [7, 11) is 0. The molecule has 0 atom stereocenters. The lowest BCUT2D eigenvalue weighted by Gasteiger charge is -2.06. The van der Waals surface area contributed by atoms with Crippen LogP contribution < -0.4 is 0 Å². The maximum absolute atomic E-state index is 11.5. The second-order valence-electron chi connectivity index (χ2n) is 1.77. The highest BCUT2D eigenvalue weighted by Gasteiger charge is 2.04. The summed E-state index contributed by atoms with van der Waals surface area (Å²) in [5.74, 6) is 0.0255. The van der Waals surface area contributed by atoms with Crippen molar-refractivity contribution in [3.05, 3.63) is 24.0 Å². The second kappa shape index (κ2) is 4.04. The van der Waals surface area contributed by atoms with Crippen molar-refractivity contribution in [3.63, 3.8) is 0 Å². The van der Waals surface area contributed by atoms with E-state index < -0.39 is 6.61 Å². The van der Waals surface area contributed by atoms with Crippen LogP contribution in [0.2, 0.25) is 0 Å². The Labute approximate surface area is 59.0 Å². The zero-order chi connectivity index (χ0) is 8.15. The lowest BCUT2D eigenvalue weighted by molar-refractivity contribution is -0.0928. The maximum atomic E-state index is 11.5. The van der Waals surface area contributed by atoms with Gasteiger partial charge in [-0.25, -0.2) is 0 Å². The third-order valence-corrected chi connectivity index (χ3v) is 1.10. The van der Waals surface area contributed by atoms with Gasteiger partial charge in [0.25, 0.3) is 0 Å². The molecule has 0 fully saturated rings. The molecule has 0 N–H and O–H groups in total. The van der Waals surface area contributed by atoms with Crippen LogP contribution in [0.1, 0.15) is 13.8 Å². The molecular weight excluding hydrogens is 138 g/mol. The van der Waals surface area contributed by atoms with Crippen LogP contribution in [0.25, 0.3) is 0 Å². The minimum absolute atomic E-state index is 0.0255. The average Bonchev–Trinajstić information content (AvgIpc) is 1.85. The highest BCUT2D eigenvalue weighted by Crippen LogP contribution is 2.11. The van der Waals surface area contributed by atoms with E-state index >= 15 is 0 Å². The normalized spacial score (nSPS) is 11.9. The van der Waals surface area contributed by atoms with Gasteiger partial charge in [-0.1, -0.05) is 12.7 Å². The van der Waals surface area contributed by atoms with E-state index in [1.54, 1.807) is 19.9 Å². The Morgan fingerprint density at radius 1 is 1.60 bits per heavy atom. The van der Waals surface area contributed by atoms with Crippen molar-refractivity contribution in [2.24, 2.45) is 0 Å². The fourth-order valence-electron chi connectivity index (χ4n) is 0.361. The summed E-state index contributed by atoms with van der Waals surface area (Å²) in [5, 5.41) is 0. The third-order valence-electron chi connectivity index (χ3n) is 1.10. The molecule has 3 heteroatoms. The van der Waals surface area contributed by atoms with Gasteiger partial charge in [-0.2, -0.15) is 8.78 Å². The van der Waals surface area contributed by atoms with E-state index in [9.17, 15) is 8.78 Å². The number of alkyl halides is 2. The summed E-state index contributed by atoms with van der Waals surface area (Å²) >= 11 is 0. The summed E-state index contributed by atoms with van der Waals surface area (Å²) in [4.78, 5) is 0. The predicted molar refractivity (Wildman–Crippen MR) is 35.7 cm³/mol. The van der Waals surface area contributed by atoms with E-state index in [0.29, 0.717) is 5.57 Å². The summed E-state index contributed by atoms with van der Waals surface area (Å²) < 4.78 is 26.9. The zero-order valence-electron chi connectivity index (χ0n) is 6.03. The van der Waals surface area contributed by atoms with Gasteiger partial charge >= 0.3 is 6.61 Å². The van der Waals surface area contributed by atoms with Crippen molar-refractivity contribution in [3.8, 4) is 0 Å². The predicted octanol–water partition coefficient (Wildman–Crippen LogP) is 2.71. The molecule has 0 saturated heterocycles. The maximum Gasteiger partial charge on any atom is 0.387 e. The standard InChI is InChI=1S/C7H10F2O/c1-4-5(2)6(3)10-7(8)9/h4,7H,3H2,1-2H3/b5-4-. The lowest BCUT2D eigenvalue weighted by Crippen LogP contribution is -1.98. The molecule has 0 aliphatic rings. The zero-order valence-corrected chi connectivity index (χ0v) is 6.03. The average molecular weight is 148 g/mol. The minimum Gasteiger partial charge on any atom is -0.435 e. The summed E-state index contributed by atoms with van der Waals surface area (Å²) in [6.07, 6.45) is 1.66. The Bertz CT molecular complexity index is 150. The van der Waals surface area contributed by atoms with E-state index in [2.05, 4.69) is 11.3 Å². The number of allylic oxidation sites excluding steroid dienone is 2. The van der Waals surface area contributed by atoms with Crippen molar-refractivity contribution < 1.29 is 13.5 Å². The quantitative estimate of drug-likeness (QED) is 0.441. The number of hydrogen-bond acceptors (Lipinski definition) is 1. The Morgan fingerprint density at radius 2 is 2.10 bits per heavy atom. The molecule has 0 aliphatic carbocycles. The van der Waals surface area contributed by atoms with Crippen LogP contribution in [-0.2, 0) is 4.74 Å². The summed E-state index contributed by atoms with van der Waals surface area (Å²) in [5.41, 5.74) is 0.625. The van der Waals surface area contributed by atoms with Crippen LogP contribution in [0.5, 0.6) is 0 Å². The first kappa shape index (κ1) is 9.14. The Balaban J connectivity index is 3.86. The van der Waals surface area contributed by atoms with Gasteiger partial charge in [-0.3, -0.25) is 0 Å². The molecule has 0 aliphatic heterocycles. The molecule has 0 unspecified atom stereocenters. The number of ether oxygens (including phenoxy) is 1. The Hall–Kier alpha value is -0.860. The van der Waals surface area contributed by atoms with Crippen LogP contribution in [0.4, 0.5) is 8.78 Å². The molecule has 1 nitrogen and oxygen atoms in total. The molecule has 0 heterocycles. The van der Waals surface area contributed by atoms with Gasteiger partial charge in [-0.15, -0.1) is 0 Å². The largest absolute Gasteiger partial charge is 0.435 e. The Kier molecular flexibility index (Phi) is 3.69. The van der Waals surface area contributed by atoms with Crippen LogP contribution in [0.15, 0.2) is 24.0 Å². The van der Waals surface area contributed by atoms with E-state index in [1.165, 1.54) is 0 Å². The van der Waals surface area contributed by atoms with Crippen LogP contribution in [0, 0.1) is 0 Å². The molecule has 0 aromatic heterocycles. The summed E-state index contributed by atoms with van der Waals surface area (Å²) in [6, 6.07) is 0. The summed E-state index contributed by atoms with van der Waals surface area (Å²) in [6.45, 7) is 3.91. The van der Waals surface area contributed by atoms with Gasteiger partial charge in [0.15, 0.2) is 0 Å². The molecule has 0 aromatic carbocycles. The van der Waals surface area contributed by atoms with Crippen molar-refractivity contribution in [2.75, 3.05) is 0 Å². The smallest absolute Gasteiger partial charge is 0.387 e. The van der Waals surface area contributed by atoms with Crippen LogP contribution in [0.3, 0.4) is 0 Å². The fraction of sp³-hybridized carbons (Fsp3) is 0.429. The molecule has 0 aromatic rings. The molecular formula is C7H10F2O. The van der Waals surface area contributed by atoms with E-state index in [-0.39, 0.29) is 5.76 Å². The SMILES string of the molecule is C=C(OC(F)F)/C(C)=C\C. The molecule has 0 radical (unpaired) electrons. The van der Waals surface area contributed by atoms with Crippen molar-refractivity contribution in [2.45, 2.75) is 20.5 Å². The van der Waals surface area contributed by atoms with Gasteiger partial charge in [0.1, 0.15) is 5.76 Å². The van der Waals surface area contributed by atoms with Crippen LogP contribution >= 0.6 is 0 Å². The van der Waals surface area contributed by atoms with E-state index in [0.717, 1.165) is 0 Å². The molecule has 10 heavy (non-hydrogen) atoms. The Morgan fingerprint density at radius 3 is 2.40 bits per heavy atom. The van der Waals surface area contributed by atoms with Crippen LogP contribution in [-0.4, -0.2) is 6.61 Å². The number of hydrogen-bond donors (Lipinski definition) is 0. The molecule has 58 valence electrons. The van der Waals surface area contributed by atoms with Gasteiger partial charge in [-0.05, 0) is 19.4 Å². The monoisotopic (exact) mass is 148 g/mol. The molecule has 0 bridgehead atoms. The first-order valence-corrected chi connectivity index (χ1v) is 2.85. The highest BCUT2D eigenvalue weighted by atomic mass is 19.3. The van der Waals surface area contributed by atoms with E-state index in [4.69, 9.17) is 0 Å². The lowest BCUT2D eigenvalue weighted by atomic mass is 10.2. The second-order valence-corrected chi connectivity index (χ2v) is 1.77. The minimum atomic E-state index is -2.78. The number of halogens is 2. The van der Waals surface area contributed by atoms with Gasteiger partial charge in [0.2, 0.25) is 0 Å². The van der Waals surface area contributed by atoms with E-state index in [1.807, 2.05) is 0 Å². The topological polar surface area (TPSA) is 9.23 Å². The third kappa shape index (κ3) is 3.22. The van der Waals surface area contributed by atoms with Gasteiger partial charge in [0, 0.05) is 0 Å². The molecule has 0 saturated carbocycles.